The molecule has 1 fully saturated rings. The first kappa shape index (κ1) is 10.2. The zero-order valence-corrected chi connectivity index (χ0v) is 9.33. The Hall–Kier alpha value is -1.28. The summed E-state index contributed by atoms with van der Waals surface area (Å²) < 4.78 is 0. The van der Waals surface area contributed by atoms with Crippen molar-refractivity contribution in [1.82, 2.24) is 10.6 Å². The Bertz CT molecular complexity index is 345. The van der Waals surface area contributed by atoms with Crippen LogP contribution in [0.25, 0.3) is 0 Å². The molecule has 3 atom stereocenters. The predicted octanol–water partition coefficient (Wildman–Crippen LogP) is 2.42. The Morgan fingerprint density at radius 3 is 2.40 bits per heavy atom. The van der Waals surface area contributed by atoms with E-state index in [4.69, 9.17) is 0 Å². The fraction of sp³-hybridized carbons (Fsp3) is 0.385. The molecule has 0 saturated carbocycles. The molecule has 0 amide bonds. The van der Waals surface area contributed by atoms with E-state index in [0.29, 0.717) is 12.0 Å². The third-order valence-electron chi connectivity index (χ3n) is 3.19. The summed E-state index contributed by atoms with van der Waals surface area (Å²) in [6.07, 6.45) is 0.199. The Balaban J connectivity index is 2.16. The van der Waals surface area contributed by atoms with Crippen LogP contribution in [0.1, 0.15) is 25.6 Å². The minimum Gasteiger partial charge on any atom is -0.370 e. The highest BCUT2D eigenvalue weighted by Crippen LogP contribution is 2.23. The van der Waals surface area contributed by atoms with Gasteiger partial charge in [0.1, 0.15) is 6.17 Å². The first-order valence-corrected chi connectivity index (χ1v) is 5.45. The maximum absolute atomic E-state index is 4.07. The van der Waals surface area contributed by atoms with Crippen molar-refractivity contribution in [1.29, 1.82) is 0 Å². The van der Waals surface area contributed by atoms with E-state index in [2.05, 4.69) is 55.3 Å². The topological polar surface area (TPSA) is 24.1 Å². The third kappa shape index (κ3) is 2.05. The molecule has 15 heavy (non-hydrogen) atoms. The second kappa shape index (κ2) is 4.07. The lowest BCUT2D eigenvalue weighted by Gasteiger charge is -2.37. The first-order chi connectivity index (χ1) is 7.18. The van der Waals surface area contributed by atoms with Gasteiger partial charge in [-0.3, -0.25) is 5.32 Å². The van der Waals surface area contributed by atoms with Gasteiger partial charge in [0.25, 0.3) is 0 Å². The summed E-state index contributed by atoms with van der Waals surface area (Å²) in [5, 5.41) is 6.95. The largest absolute Gasteiger partial charge is 0.370 e. The molecule has 2 N–H and O–H groups in total. The Morgan fingerprint density at radius 2 is 1.80 bits per heavy atom. The van der Waals surface area contributed by atoms with E-state index in [1.54, 1.807) is 0 Å². The summed E-state index contributed by atoms with van der Waals surface area (Å²) >= 11 is 0. The average Bonchev–Trinajstić information content (AvgIpc) is 2.26. The summed E-state index contributed by atoms with van der Waals surface area (Å²) in [4.78, 5) is 0. The van der Waals surface area contributed by atoms with Crippen LogP contribution in [-0.2, 0) is 0 Å². The van der Waals surface area contributed by atoms with Crippen LogP contribution in [0.2, 0.25) is 0 Å². The summed E-state index contributed by atoms with van der Waals surface area (Å²) in [5.74, 6) is 0.477. The van der Waals surface area contributed by atoms with Gasteiger partial charge in [0.05, 0.1) is 0 Å². The van der Waals surface area contributed by atoms with Crippen LogP contribution in [0.4, 0.5) is 0 Å². The number of hydrogen-bond acceptors (Lipinski definition) is 2. The van der Waals surface area contributed by atoms with Gasteiger partial charge in [-0.25, -0.2) is 0 Å². The van der Waals surface area contributed by atoms with Gasteiger partial charge >= 0.3 is 0 Å². The van der Waals surface area contributed by atoms with E-state index in [1.165, 1.54) is 5.56 Å². The second-order valence-corrected chi connectivity index (χ2v) is 4.26. The van der Waals surface area contributed by atoms with Gasteiger partial charge in [-0.15, -0.1) is 0 Å². The standard InChI is InChI=1S/C13H18N2/c1-9-10(2)14-13(15-11(9)3)12-7-5-4-6-8-12/h4-9,11,13-15H,2H2,1,3H3/t9-,11-,13?/m0/s1. The minimum atomic E-state index is 0.199. The molecular weight excluding hydrogens is 184 g/mol. The van der Waals surface area contributed by atoms with E-state index in [1.807, 2.05) is 6.07 Å². The van der Waals surface area contributed by atoms with Crippen molar-refractivity contribution in [3.05, 3.63) is 48.2 Å². The fourth-order valence-electron chi connectivity index (χ4n) is 1.89. The average molecular weight is 202 g/mol. The molecule has 1 aliphatic heterocycles. The molecule has 0 aromatic heterocycles. The van der Waals surface area contributed by atoms with Crippen LogP contribution in [0.3, 0.4) is 0 Å². The molecule has 1 aliphatic rings. The van der Waals surface area contributed by atoms with E-state index >= 15 is 0 Å². The SMILES string of the molecule is C=C1NC(c2ccccc2)N[C@@H](C)[C@H]1C. The van der Waals surface area contributed by atoms with Gasteiger partial charge in [0.2, 0.25) is 0 Å². The molecule has 1 unspecified atom stereocenters. The summed E-state index contributed by atoms with van der Waals surface area (Å²) in [6.45, 7) is 8.46. The maximum Gasteiger partial charge on any atom is 0.103 e. The fourth-order valence-corrected chi connectivity index (χ4v) is 1.89. The molecule has 0 radical (unpaired) electrons. The van der Waals surface area contributed by atoms with Crippen LogP contribution in [-0.4, -0.2) is 6.04 Å². The first-order valence-electron chi connectivity index (χ1n) is 5.45. The van der Waals surface area contributed by atoms with E-state index in [9.17, 15) is 0 Å². The van der Waals surface area contributed by atoms with Gasteiger partial charge in [-0.1, -0.05) is 43.8 Å². The molecule has 2 heteroatoms. The number of hydrogen-bond donors (Lipinski definition) is 2. The second-order valence-electron chi connectivity index (χ2n) is 4.26. The van der Waals surface area contributed by atoms with Crippen LogP contribution >= 0.6 is 0 Å². The van der Waals surface area contributed by atoms with Gasteiger partial charge in [0, 0.05) is 17.7 Å². The van der Waals surface area contributed by atoms with Crippen LogP contribution in [0.15, 0.2) is 42.6 Å². The third-order valence-corrected chi connectivity index (χ3v) is 3.19. The molecule has 0 bridgehead atoms. The summed E-state index contributed by atoms with van der Waals surface area (Å²) in [6, 6.07) is 10.9. The van der Waals surface area contributed by atoms with E-state index in [-0.39, 0.29) is 6.17 Å². The highest BCUT2D eigenvalue weighted by atomic mass is 15.2. The molecule has 2 nitrogen and oxygen atoms in total. The van der Waals surface area contributed by atoms with Crippen molar-refractivity contribution in [2.75, 3.05) is 0 Å². The number of nitrogens with one attached hydrogen (secondary N) is 2. The highest BCUT2D eigenvalue weighted by Gasteiger charge is 2.26. The van der Waals surface area contributed by atoms with Crippen LogP contribution < -0.4 is 10.6 Å². The summed E-state index contributed by atoms with van der Waals surface area (Å²) in [5.41, 5.74) is 2.38. The maximum atomic E-state index is 4.07. The quantitative estimate of drug-likeness (QED) is 0.731. The lowest BCUT2D eigenvalue weighted by Crippen LogP contribution is -2.49. The Kier molecular flexibility index (Phi) is 2.78. The number of benzene rings is 1. The Morgan fingerprint density at radius 1 is 1.13 bits per heavy atom. The van der Waals surface area contributed by atoms with E-state index < -0.39 is 0 Å². The molecule has 1 aromatic rings. The summed E-state index contributed by atoms with van der Waals surface area (Å²) in [7, 11) is 0. The lowest BCUT2D eigenvalue weighted by atomic mass is 9.95. The van der Waals surface area contributed by atoms with Gasteiger partial charge in [0.15, 0.2) is 0 Å². The normalized spacial score (nSPS) is 31.1. The van der Waals surface area contributed by atoms with Crippen molar-refractivity contribution in [3.8, 4) is 0 Å². The van der Waals surface area contributed by atoms with Crippen molar-refractivity contribution in [2.24, 2.45) is 5.92 Å². The van der Waals surface area contributed by atoms with Crippen LogP contribution in [0, 0.1) is 5.92 Å². The van der Waals surface area contributed by atoms with Crippen molar-refractivity contribution < 1.29 is 0 Å². The minimum absolute atomic E-state index is 0.199. The van der Waals surface area contributed by atoms with Gasteiger partial charge in [-0.2, -0.15) is 0 Å². The molecule has 1 saturated heterocycles. The zero-order valence-electron chi connectivity index (χ0n) is 9.33. The van der Waals surface area contributed by atoms with Crippen molar-refractivity contribution >= 4 is 0 Å². The molecular formula is C13H18N2. The van der Waals surface area contributed by atoms with E-state index in [0.717, 1.165) is 5.70 Å². The van der Waals surface area contributed by atoms with Crippen molar-refractivity contribution in [3.63, 3.8) is 0 Å². The zero-order chi connectivity index (χ0) is 10.8. The smallest absolute Gasteiger partial charge is 0.103 e. The molecule has 0 aliphatic carbocycles. The Labute approximate surface area is 91.4 Å². The molecule has 1 heterocycles. The van der Waals surface area contributed by atoms with Crippen molar-refractivity contribution in [2.45, 2.75) is 26.1 Å². The van der Waals surface area contributed by atoms with Gasteiger partial charge < -0.3 is 5.32 Å². The molecule has 2 rings (SSSR count). The lowest BCUT2D eigenvalue weighted by molar-refractivity contribution is 0.295. The number of rotatable bonds is 1. The molecule has 0 spiro atoms. The van der Waals surface area contributed by atoms with Gasteiger partial charge in [-0.05, 0) is 12.5 Å². The monoisotopic (exact) mass is 202 g/mol. The van der Waals surface area contributed by atoms with Crippen LogP contribution in [0.5, 0.6) is 0 Å². The molecule has 1 aromatic carbocycles. The highest BCUT2D eigenvalue weighted by molar-refractivity contribution is 5.22. The molecule has 80 valence electrons. The predicted molar refractivity (Wildman–Crippen MR) is 63.2 cm³/mol.